The number of amides is 1. The van der Waals surface area contributed by atoms with Crippen molar-refractivity contribution in [3.63, 3.8) is 0 Å². The van der Waals surface area contributed by atoms with Gasteiger partial charge in [-0.15, -0.1) is 0 Å². The molecular formula is C8H14N2O. The normalized spacial score (nSPS) is 27.2. The van der Waals surface area contributed by atoms with Gasteiger partial charge in [-0.3, -0.25) is 10.2 Å². The van der Waals surface area contributed by atoms with Crippen LogP contribution in [-0.4, -0.2) is 11.7 Å². The van der Waals surface area contributed by atoms with E-state index in [4.69, 9.17) is 5.41 Å². The standard InChI is InChI=1S/C8H14N2O/c1-6-4-2-3-5-7(11)10-8(6)9/h6H,2-5H2,1H3,(H2,9,10,11). The highest BCUT2D eigenvalue weighted by molar-refractivity contribution is 5.97. The predicted octanol–water partition coefficient (Wildman–Crippen LogP) is 1.29. The Morgan fingerprint density at radius 2 is 2.27 bits per heavy atom. The van der Waals surface area contributed by atoms with Gasteiger partial charge in [0.05, 0.1) is 0 Å². The van der Waals surface area contributed by atoms with Crippen LogP contribution < -0.4 is 5.32 Å². The molecule has 2 N–H and O–H groups in total. The van der Waals surface area contributed by atoms with Crippen LogP contribution in [0.1, 0.15) is 32.6 Å². The van der Waals surface area contributed by atoms with E-state index in [0.717, 1.165) is 19.3 Å². The Bertz CT molecular complexity index is 177. The summed E-state index contributed by atoms with van der Waals surface area (Å²) < 4.78 is 0. The van der Waals surface area contributed by atoms with Crippen LogP contribution in [0.25, 0.3) is 0 Å². The molecule has 1 heterocycles. The summed E-state index contributed by atoms with van der Waals surface area (Å²) in [5.41, 5.74) is 0. The molecule has 0 spiro atoms. The molecule has 11 heavy (non-hydrogen) atoms. The van der Waals surface area contributed by atoms with Crippen molar-refractivity contribution in [1.82, 2.24) is 5.32 Å². The monoisotopic (exact) mass is 154 g/mol. The molecular weight excluding hydrogens is 140 g/mol. The van der Waals surface area contributed by atoms with Crippen LogP contribution in [0, 0.1) is 11.3 Å². The van der Waals surface area contributed by atoms with E-state index in [-0.39, 0.29) is 11.8 Å². The maximum atomic E-state index is 10.9. The fraction of sp³-hybridized carbons (Fsp3) is 0.750. The van der Waals surface area contributed by atoms with Gasteiger partial charge in [0.25, 0.3) is 0 Å². The molecule has 0 bridgehead atoms. The van der Waals surface area contributed by atoms with E-state index in [1.807, 2.05) is 6.92 Å². The smallest absolute Gasteiger partial charge is 0.225 e. The Hall–Kier alpha value is -0.860. The quantitative estimate of drug-likeness (QED) is 0.542. The van der Waals surface area contributed by atoms with Crippen molar-refractivity contribution < 1.29 is 4.79 Å². The summed E-state index contributed by atoms with van der Waals surface area (Å²) in [6.07, 6.45) is 3.63. The minimum absolute atomic E-state index is 0.00144. The van der Waals surface area contributed by atoms with E-state index in [1.54, 1.807) is 0 Å². The minimum Gasteiger partial charge on any atom is -0.314 e. The second-order valence-corrected chi connectivity index (χ2v) is 3.11. The highest BCUT2D eigenvalue weighted by Crippen LogP contribution is 2.12. The summed E-state index contributed by atoms with van der Waals surface area (Å²) in [5, 5.41) is 10.0. The Labute approximate surface area is 66.7 Å². The van der Waals surface area contributed by atoms with Crippen LogP contribution in [0.3, 0.4) is 0 Å². The summed E-state index contributed by atoms with van der Waals surface area (Å²) in [5.74, 6) is 0.607. The summed E-state index contributed by atoms with van der Waals surface area (Å²) in [4.78, 5) is 10.9. The zero-order valence-electron chi connectivity index (χ0n) is 6.81. The van der Waals surface area contributed by atoms with Crippen LogP contribution in [0.4, 0.5) is 0 Å². The number of carbonyl (C=O) groups excluding carboxylic acids is 1. The van der Waals surface area contributed by atoms with Crippen LogP contribution in [-0.2, 0) is 4.79 Å². The van der Waals surface area contributed by atoms with Crippen LogP contribution in [0.5, 0.6) is 0 Å². The maximum absolute atomic E-state index is 10.9. The van der Waals surface area contributed by atoms with Crippen molar-refractivity contribution >= 4 is 11.7 Å². The first-order valence-corrected chi connectivity index (χ1v) is 4.08. The number of nitrogens with one attached hydrogen (secondary N) is 2. The molecule has 1 aliphatic rings. The van der Waals surface area contributed by atoms with Crippen molar-refractivity contribution in [3.8, 4) is 0 Å². The molecule has 3 heteroatoms. The lowest BCUT2D eigenvalue weighted by Crippen LogP contribution is -2.35. The summed E-state index contributed by atoms with van der Waals surface area (Å²) in [6.45, 7) is 1.98. The number of hydrogen-bond donors (Lipinski definition) is 2. The summed E-state index contributed by atoms with van der Waals surface area (Å²) in [7, 11) is 0. The van der Waals surface area contributed by atoms with Crippen molar-refractivity contribution in [2.75, 3.05) is 0 Å². The summed E-state index contributed by atoms with van der Waals surface area (Å²) in [6, 6.07) is 0. The van der Waals surface area contributed by atoms with Gasteiger partial charge in [0.15, 0.2) is 0 Å². The molecule has 1 amide bonds. The zero-order valence-corrected chi connectivity index (χ0v) is 6.81. The highest BCUT2D eigenvalue weighted by Gasteiger charge is 2.14. The van der Waals surface area contributed by atoms with Gasteiger partial charge in [-0.05, 0) is 12.8 Å². The topological polar surface area (TPSA) is 53.0 Å². The van der Waals surface area contributed by atoms with Gasteiger partial charge in [-0.1, -0.05) is 13.3 Å². The van der Waals surface area contributed by atoms with Crippen LogP contribution in [0.2, 0.25) is 0 Å². The molecule has 1 aliphatic heterocycles. The number of hydrogen-bond acceptors (Lipinski definition) is 2. The molecule has 3 nitrogen and oxygen atoms in total. The van der Waals surface area contributed by atoms with Gasteiger partial charge in [0.1, 0.15) is 5.84 Å². The molecule has 0 aromatic rings. The van der Waals surface area contributed by atoms with Gasteiger partial charge in [0, 0.05) is 12.3 Å². The average Bonchev–Trinajstić information content (AvgIpc) is 1.95. The summed E-state index contributed by atoms with van der Waals surface area (Å²) >= 11 is 0. The molecule has 1 atom stereocenters. The lowest BCUT2D eigenvalue weighted by molar-refractivity contribution is -0.120. The Morgan fingerprint density at radius 3 is 3.00 bits per heavy atom. The second-order valence-electron chi connectivity index (χ2n) is 3.11. The Balaban J connectivity index is 2.51. The van der Waals surface area contributed by atoms with E-state index < -0.39 is 0 Å². The van der Waals surface area contributed by atoms with Crippen LogP contribution >= 0.6 is 0 Å². The van der Waals surface area contributed by atoms with E-state index in [9.17, 15) is 4.79 Å². The molecule has 0 aromatic carbocycles. The predicted molar refractivity (Wildman–Crippen MR) is 43.5 cm³/mol. The van der Waals surface area contributed by atoms with Gasteiger partial charge in [-0.2, -0.15) is 0 Å². The van der Waals surface area contributed by atoms with Crippen molar-refractivity contribution in [2.24, 2.45) is 5.92 Å². The second kappa shape index (κ2) is 3.51. The molecule has 1 rings (SSSR count). The molecule has 0 aromatic heterocycles. The third kappa shape index (κ3) is 2.33. The number of amidine groups is 1. The van der Waals surface area contributed by atoms with E-state index in [2.05, 4.69) is 5.32 Å². The number of carbonyl (C=O) groups is 1. The highest BCUT2D eigenvalue weighted by atomic mass is 16.1. The van der Waals surface area contributed by atoms with Gasteiger partial charge in [-0.25, -0.2) is 0 Å². The Morgan fingerprint density at radius 1 is 1.55 bits per heavy atom. The molecule has 1 unspecified atom stereocenters. The fourth-order valence-corrected chi connectivity index (χ4v) is 1.22. The third-order valence-electron chi connectivity index (χ3n) is 2.06. The van der Waals surface area contributed by atoms with E-state index in [1.165, 1.54) is 0 Å². The molecule has 0 radical (unpaired) electrons. The van der Waals surface area contributed by atoms with Gasteiger partial charge < -0.3 is 5.32 Å². The van der Waals surface area contributed by atoms with Crippen LogP contribution in [0.15, 0.2) is 0 Å². The van der Waals surface area contributed by atoms with Crippen molar-refractivity contribution in [1.29, 1.82) is 5.41 Å². The fourth-order valence-electron chi connectivity index (χ4n) is 1.22. The van der Waals surface area contributed by atoms with E-state index in [0.29, 0.717) is 12.3 Å². The first-order chi connectivity index (χ1) is 5.20. The molecule has 62 valence electrons. The molecule has 0 saturated carbocycles. The lowest BCUT2D eigenvalue weighted by atomic mass is 10.00. The first kappa shape index (κ1) is 8.24. The molecule has 1 fully saturated rings. The SMILES string of the molecule is CC1CCCCC(=O)NC1=N. The molecule has 0 aliphatic carbocycles. The Kier molecular flexibility index (Phi) is 2.63. The average molecular weight is 154 g/mol. The van der Waals surface area contributed by atoms with Gasteiger partial charge in [0.2, 0.25) is 5.91 Å². The van der Waals surface area contributed by atoms with Gasteiger partial charge >= 0.3 is 0 Å². The minimum atomic E-state index is 0.00144. The number of rotatable bonds is 0. The van der Waals surface area contributed by atoms with Crippen molar-refractivity contribution in [2.45, 2.75) is 32.6 Å². The molecule has 1 saturated heterocycles. The maximum Gasteiger partial charge on any atom is 0.225 e. The van der Waals surface area contributed by atoms with E-state index >= 15 is 0 Å². The zero-order chi connectivity index (χ0) is 8.27. The first-order valence-electron chi connectivity index (χ1n) is 4.08. The van der Waals surface area contributed by atoms with Crippen molar-refractivity contribution in [3.05, 3.63) is 0 Å². The lowest BCUT2D eigenvalue weighted by Gasteiger charge is -2.16. The largest absolute Gasteiger partial charge is 0.314 e. The third-order valence-corrected chi connectivity index (χ3v) is 2.06.